The lowest BCUT2D eigenvalue weighted by Crippen LogP contribution is -2.35. The number of aromatic amines is 1. The van der Waals surface area contributed by atoms with Crippen LogP contribution >= 0.6 is 0 Å². The van der Waals surface area contributed by atoms with E-state index in [4.69, 9.17) is 4.74 Å². The Morgan fingerprint density at radius 2 is 2.33 bits per heavy atom. The summed E-state index contributed by atoms with van der Waals surface area (Å²) in [4.78, 5) is 25.2. The molecule has 1 aliphatic heterocycles. The minimum absolute atomic E-state index is 0.0147. The molecule has 0 aromatic carbocycles. The van der Waals surface area contributed by atoms with Crippen LogP contribution in [0.2, 0.25) is 0 Å². The third-order valence-corrected chi connectivity index (χ3v) is 3.24. The van der Waals surface area contributed by atoms with Crippen molar-refractivity contribution >= 4 is 0 Å². The summed E-state index contributed by atoms with van der Waals surface area (Å²) in [6, 6.07) is -0.0147. The molecule has 0 bridgehead atoms. The molecule has 2 rings (SSSR count). The lowest BCUT2D eigenvalue weighted by molar-refractivity contribution is -0.0287. The summed E-state index contributed by atoms with van der Waals surface area (Å²) < 4.78 is 6.96. The van der Waals surface area contributed by atoms with Crippen LogP contribution in [-0.2, 0) is 4.74 Å². The van der Waals surface area contributed by atoms with E-state index in [2.05, 4.69) is 10.3 Å². The molecule has 2 heterocycles. The molecule has 1 aromatic heterocycles. The molecule has 0 radical (unpaired) electrons. The molecule has 1 aromatic rings. The summed E-state index contributed by atoms with van der Waals surface area (Å²) in [5.41, 5.74) is -0.436. The molecule has 0 aliphatic carbocycles. The highest BCUT2D eigenvalue weighted by Crippen LogP contribution is 2.27. The van der Waals surface area contributed by atoms with Crippen LogP contribution in [0.4, 0.5) is 0 Å². The summed E-state index contributed by atoms with van der Waals surface area (Å²) in [6.45, 7) is 1.52. The zero-order valence-corrected chi connectivity index (χ0v) is 10.3. The third-order valence-electron chi connectivity index (χ3n) is 3.24. The van der Waals surface area contributed by atoms with Crippen molar-refractivity contribution in [2.45, 2.75) is 31.7 Å². The van der Waals surface area contributed by atoms with E-state index < -0.39 is 17.5 Å². The molecule has 0 unspecified atom stereocenters. The van der Waals surface area contributed by atoms with E-state index in [0.717, 1.165) is 0 Å². The lowest BCUT2D eigenvalue weighted by Gasteiger charge is -2.15. The summed E-state index contributed by atoms with van der Waals surface area (Å²) in [6.07, 6.45) is 1.23. The van der Waals surface area contributed by atoms with E-state index >= 15 is 0 Å². The number of aliphatic hydroxyl groups excluding tert-OH is 1. The predicted molar refractivity (Wildman–Crippen MR) is 64.5 cm³/mol. The molecule has 3 N–H and O–H groups in total. The van der Waals surface area contributed by atoms with Gasteiger partial charge in [0.05, 0.1) is 12.7 Å². The van der Waals surface area contributed by atoms with E-state index in [0.29, 0.717) is 12.0 Å². The fourth-order valence-electron chi connectivity index (χ4n) is 2.17. The number of H-pyrrole nitrogens is 1. The van der Waals surface area contributed by atoms with Gasteiger partial charge in [0, 0.05) is 24.2 Å². The van der Waals surface area contributed by atoms with Crippen LogP contribution in [0, 0.1) is 6.92 Å². The number of nitrogens with one attached hydrogen (secondary N) is 2. The molecule has 18 heavy (non-hydrogen) atoms. The van der Waals surface area contributed by atoms with E-state index in [1.165, 1.54) is 10.8 Å². The van der Waals surface area contributed by atoms with Crippen LogP contribution in [0.3, 0.4) is 0 Å². The fraction of sp³-hybridized carbons (Fsp3) is 0.636. The number of rotatable bonds is 3. The molecule has 0 spiro atoms. The topological polar surface area (TPSA) is 96.4 Å². The van der Waals surface area contributed by atoms with Crippen LogP contribution in [0.25, 0.3) is 0 Å². The molecular formula is C11H17N3O4. The van der Waals surface area contributed by atoms with E-state index in [1.54, 1.807) is 14.0 Å². The number of ether oxygens (including phenoxy) is 1. The van der Waals surface area contributed by atoms with Gasteiger partial charge in [-0.15, -0.1) is 0 Å². The summed E-state index contributed by atoms with van der Waals surface area (Å²) >= 11 is 0. The number of hydrogen-bond donors (Lipinski definition) is 3. The summed E-state index contributed by atoms with van der Waals surface area (Å²) in [5.74, 6) is 0. The minimum Gasteiger partial charge on any atom is -0.394 e. The first kappa shape index (κ1) is 13.0. The molecule has 1 aliphatic rings. The first-order valence-electron chi connectivity index (χ1n) is 5.82. The van der Waals surface area contributed by atoms with Crippen molar-refractivity contribution < 1.29 is 9.84 Å². The number of hydrogen-bond acceptors (Lipinski definition) is 5. The van der Waals surface area contributed by atoms with Gasteiger partial charge in [-0.05, 0) is 14.0 Å². The van der Waals surface area contributed by atoms with Crippen LogP contribution < -0.4 is 16.6 Å². The first-order chi connectivity index (χ1) is 8.56. The largest absolute Gasteiger partial charge is 0.394 e. The Hall–Kier alpha value is -1.44. The third kappa shape index (κ3) is 2.24. The normalized spacial score (nSPS) is 27.6. The smallest absolute Gasteiger partial charge is 0.330 e. The Balaban J connectivity index is 2.31. The number of aromatic nitrogens is 2. The van der Waals surface area contributed by atoms with Gasteiger partial charge in [-0.1, -0.05) is 0 Å². The zero-order valence-electron chi connectivity index (χ0n) is 10.3. The standard InChI is InChI=1S/C11H17N3O4/c1-6-4-14(11(17)13-10(6)16)9-3-7(12-2)8(5-15)18-9/h4,7-9,12,15H,3,5H2,1-2H3,(H,13,16,17)/t7-,8-,9-/m0/s1. The Kier molecular flexibility index (Phi) is 3.65. The van der Waals surface area contributed by atoms with E-state index in [9.17, 15) is 14.7 Å². The monoisotopic (exact) mass is 255 g/mol. The summed E-state index contributed by atoms with van der Waals surface area (Å²) in [5, 5.41) is 12.2. The van der Waals surface area contributed by atoms with Gasteiger partial charge in [-0.25, -0.2) is 4.79 Å². The van der Waals surface area contributed by atoms with Gasteiger partial charge in [0.2, 0.25) is 0 Å². The Morgan fingerprint density at radius 1 is 1.61 bits per heavy atom. The average molecular weight is 255 g/mol. The second-order valence-electron chi connectivity index (χ2n) is 4.42. The van der Waals surface area contributed by atoms with Gasteiger partial charge in [-0.2, -0.15) is 0 Å². The van der Waals surface area contributed by atoms with Crippen molar-refractivity contribution in [3.05, 3.63) is 32.6 Å². The SMILES string of the molecule is CN[C@H]1C[C@@H](n2cc(C)c(=O)[nH]c2=O)O[C@H]1CO. The molecule has 0 amide bonds. The quantitative estimate of drug-likeness (QED) is 0.624. The van der Waals surface area contributed by atoms with E-state index in [1.807, 2.05) is 0 Å². The van der Waals surface area contributed by atoms with Gasteiger partial charge in [-0.3, -0.25) is 14.3 Å². The number of aryl methyl sites for hydroxylation is 1. The maximum absolute atomic E-state index is 11.7. The van der Waals surface area contributed by atoms with Crippen LogP contribution in [0.15, 0.2) is 15.8 Å². The maximum atomic E-state index is 11.7. The van der Waals surface area contributed by atoms with Gasteiger partial charge in [0.25, 0.3) is 5.56 Å². The van der Waals surface area contributed by atoms with E-state index in [-0.39, 0.29) is 18.8 Å². The second-order valence-corrected chi connectivity index (χ2v) is 4.42. The molecule has 1 saturated heterocycles. The van der Waals surface area contributed by atoms with Gasteiger partial charge in [0.1, 0.15) is 6.23 Å². The van der Waals surface area contributed by atoms with Crippen molar-refractivity contribution in [2.24, 2.45) is 0 Å². The van der Waals surface area contributed by atoms with Gasteiger partial charge in [0.15, 0.2) is 0 Å². The molecule has 100 valence electrons. The fourth-order valence-corrected chi connectivity index (χ4v) is 2.17. The average Bonchev–Trinajstić information content (AvgIpc) is 2.76. The Bertz CT molecular complexity index is 524. The maximum Gasteiger partial charge on any atom is 0.330 e. The van der Waals surface area contributed by atoms with Gasteiger partial charge < -0.3 is 15.2 Å². The van der Waals surface area contributed by atoms with Crippen molar-refractivity contribution in [1.29, 1.82) is 0 Å². The van der Waals surface area contributed by atoms with Crippen LogP contribution in [0.5, 0.6) is 0 Å². The Morgan fingerprint density at radius 3 is 2.89 bits per heavy atom. The minimum atomic E-state index is -0.496. The second kappa shape index (κ2) is 5.05. The van der Waals surface area contributed by atoms with Crippen molar-refractivity contribution in [3.63, 3.8) is 0 Å². The Labute approximate surface area is 103 Å². The first-order valence-corrected chi connectivity index (χ1v) is 5.82. The molecule has 1 fully saturated rings. The highest BCUT2D eigenvalue weighted by Gasteiger charge is 2.35. The summed E-state index contributed by atoms with van der Waals surface area (Å²) in [7, 11) is 1.78. The predicted octanol–water partition coefficient (Wildman–Crippen LogP) is -1.29. The number of nitrogens with zero attached hydrogens (tertiary/aromatic N) is 1. The van der Waals surface area contributed by atoms with Crippen molar-refractivity contribution in [2.75, 3.05) is 13.7 Å². The van der Waals surface area contributed by atoms with Crippen molar-refractivity contribution in [1.82, 2.24) is 14.9 Å². The molecule has 7 heteroatoms. The zero-order chi connectivity index (χ0) is 13.3. The number of likely N-dealkylation sites (N-methyl/N-ethyl adjacent to an activating group) is 1. The lowest BCUT2D eigenvalue weighted by atomic mass is 10.1. The molecular weight excluding hydrogens is 238 g/mol. The highest BCUT2D eigenvalue weighted by molar-refractivity contribution is 5.02. The highest BCUT2D eigenvalue weighted by atomic mass is 16.5. The van der Waals surface area contributed by atoms with Crippen LogP contribution in [-0.4, -0.2) is 40.5 Å². The molecule has 0 saturated carbocycles. The number of aliphatic hydroxyl groups is 1. The molecule has 7 nitrogen and oxygen atoms in total. The van der Waals surface area contributed by atoms with Crippen LogP contribution in [0.1, 0.15) is 18.2 Å². The molecule has 3 atom stereocenters. The van der Waals surface area contributed by atoms with Crippen molar-refractivity contribution in [3.8, 4) is 0 Å². The van der Waals surface area contributed by atoms with Gasteiger partial charge >= 0.3 is 5.69 Å².